The third kappa shape index (κ3) is 1.99. The minimum Gasteiger partial charge on any atom is -0.504 e. The maximum atomic E-state index is 13.2. The summed E-state index contributed by atoms with van der Waals surface area (Å²) < 4.78 is 17.4. The van der Waals surface area contributed by atoms with Crippen molar-refractivity contribution in [1.29, 1.82) is 0 Å². The van der Waals surface area contributed by atoms with Crippen LogP contribution in [0.3, 0.4) is 0 Å². The van der Waals surface area contributed by atoms with E-state index in [2.05, 4.69) is 20.7 Å². The Morgan fingerprint density at radius 2 is 2.06 bits per heavy atom. The van der Waals surface area contributed by atoms with E-state index in [-0.39, 0.29) is 5.75 Å². The molecule has 0 heterocycles. The second kappa shape index (κ2) is 4.48. The second-order valence-corrected chi connectivity index (χ2v) is 3.53. The third-order valence-electron chi connectivity index (χ3n) is 1.80. The van der Waals surface area contributed by atoms with Gasteiger partial charge in [0.25, 0.3) is 5.78 Å². The smallest absolute Gasteiger partial charge is 0.377 e. The van der Waals surface area contributed by atoms with Crippen molar-refractivity contribution >= 4 is 27.7 Å². The van der Waals surface area contributed by atoms with Gasteiger partial charge < -0.3 is 14.9 Å². The van der Waals surface area contributed by atoms with E-state index < -0.39 is 33.4 Å². The number of carbonyl (C=O) groups excluding carboxylic acids is 1. The first-order valence-corrected chi connectivity index (χ1v) is 4.72. The van der Waals surface area contributed by atoms with Crippen molar-refractivity contribution in [2.24, 2.45) is 0 Å². The molecular weight excluding hydrogens is 287 g/mol. The van der Waals surface area contributed by atoms with E-state index in [1.54, 1.807) is 0 Å². The van der Waals surface area contributed by atoms with Gasteiger partial charge >= 0.3 is 5.97 Å². The van der Waals surface area contributed by atoms with Crippen LogP contribution in [0.15, 0.2) is 10.5 Å². The Morgan fingerprint density at radius 1 is 1.50 bits per heavy atom. The molecule has 0 saturated carbocycles. The van der Waals surface area contributed by atoms with E-state index in [0.29, 0.717) is 0 Å². The molecule has 0 aliphatic carbocycles. The van der Waals surface area contributed by atoms with E-state index in [1.165, 1.54) is 0 Å². The van der Waals surface area contributed by atoms with Crippen LogP contribution in [0.1, 0.15) is 10.4 Å². The van der Waals surface area contributed by atoms with Gasteiger partial charge in [-0.2, -0.15) is 0 Å². The first-order valence-electron chi connectivity index (χ1n) is 3.92. The summed E-state index contributed by atoms with van der Waals surface area (Å²) in [5.41, 5.74) is -0.677. The molecule has 1 aromatic carbocycles. The number of aromatic hydroxyl groups is 1. The first-order chi connectivity index (χ1) is 7.40. The van der Waals surface area contributed by atoms with Crippen LogP contribution < -0.4 is 4.74 Å². The number of aliphatic carboxylic acids is 1. The number of Topliss-reactive ketones (excluding diaryl/α,β-unsaturated/α-hetero) is 1. The van der Waals surface area contributed by atoms with Crippen LogP contribution in [-0.4, -0.2) is 29.1 Å². The van der Waals surface area contributed by atoms with Crippen LogP contribution in [-0.2, 0) is 4.79 Å². The number of ketones is 1. The van der Waals surface area contributed by atoms with Gasteiger partial charge in [0.15, 0.2) is 11.5 Å². The molecule has 0 amide bonds. The van der Waals surface area contributed by atoms with Gasteiger partial charge in [-0.15, -0.1) is 0 Å². The van der Waals surface area contributed by atoms with Gasteiger partial charge in [-0.1, -0.05) is 0 Å². The number of hydrogen-bond acceptors (Lipinski definition) is 4. The van der Waals surface area contributed by atoms with Crippen molar-refractivity contribution in [1.82, 2.24) is 0 Å². The van der Waals surface area contributed by atoms with E-state index in [9.17, 15) is 19.1 Å². The van der Waals surface area contributed by atoms with Crippen molar-refractivity contribution in [3.05, 3.63) is 21.9 Å². The van der Waals surface area contributed by atoms with E-state index >= 15 is 0 Å². The number of carboxylic acids is 1. The first kappa shape index (κ1) is 12.4. The fourth-order valence-electron chi connectivity index (χ4n) is 1.06. The Balaban J connectivity index is 3.53. The molecule has 16 heavy (non-hydrogen) atoms. The lowest BCUT2D eigenvalue weighted by atomic mass is 10.1. The van der Waals surface area contributed by atoms with Crippen molar-refractivity contribution in [3.8, 4) is 11.5 Å². The van der Waals surface area contributed by atoms with Gasteiger partial charge in [0.1, 0.15) is 5.82 Å². The highest BCUT2D eigenvalue weighted by Gasteiger charge is 2.26. The Kier molecular flexibility index (Phi) is 3.48. The lowest BCUT2D eigenvalue weighted by Crippen LogP contribution is -2.14. The van der Waals surface area contributed by atoms with Crippen LogP contribution in [0.25, 0.3) is 0 Å². The molecule has 0 atom stereocenters. The number of carboxylic acid groups (broad SMARTS) is 1. The molecule has 0 aliphatic heterocycles. The number of ether oxygens (including phenoxy) is 1. The topological polar surface area (TPSA) is 83.8 Å². The van der Waals surface area contributed by atoms with Gasteiger partial charge in [0, 0.05) is 6.07 Å². The minimum atomic E-state index is -1.80. The normalized spacial score (nSPS) is 9.94. The lowest BCUT2D eigenvalue weighted by Gasteiger charge is -2.09. The molecule has 0 aromatic heterocycles. The van der Waals surface area contributed by atoms with Crippen molar-refractivity contribution in [2.45, 2.75) is 0 Å². The Bertz CT molecular complexity index is 471. The average Bonchev–Trinajstić information content (AvgIpc) is 2.23. The number of rotatable bonds is 3. The zero-order valence-electron chi connectivity index (χ0n) is 7.95. The monoisotopic (exact) mass is 292 g/mol. The molecule has 86 valence electrons. The van der Waals surface area contributed by atoms with Crippen molar-refractivity contribution in [2.75, 3.05) is 7.11 Å². The number of benzene rings is 1. The Hall–Kier alpha value is -1.63. The Morgan fingerprint density at radius 3 is 2.50 bits per heavy atom. The number of methoxy groups -OCH3 is 1. The summed E-state index contributed by atoms with van der Waals surface area (Å²) >= 11 is 2.69. The lowest BCUT2D eigenvalue weighted by molar-refractivity contribution is -0.131. The molecule has 0 fully saturated rings. The number of carbonyl (C=O) groups is 2. The molecule has 0 spiro atoms. The average molecular weight is 293 g/mol. The molecule has 0 bridgehead atoms. The molecule has 0 saturated heterocycles. The van der Waals surface area contributed by atoms with Crippen LogP contribution in [0.2, 0.25) is 0 Å². The zero-order chi connectivity index (χ0) is 12.5. The van der Waals surface area contributed by atoms with Gasteiger partial charge in [0.05, 0.1) is 17.1 Å². The summed E-state index contributed by atoms with van der Waals surface area (Å²) in [4.78, 5) is 21.7. The maximum absolute atomic E-state index is 13.2. The summed E-state index contributed by atoms with van der Waals surface area (Å²) in [7, 11) is 1.15. The maximum Gasteiger partial charge on any atom is 0.377 e. The highest BCUT2D eigenvalue weighted by molar-refractivity contribution is 9.10. The predicted octanol–water partition coefficient (Wildman–Crippen LogP) is 1.57. The van der Waals surface area contributed by atoms with Crippen LogP contribution in [0.5, 0.6) is 11.5 Å². The molecule has 0 aliphatic rings. The molecular formula is C9H6BrFO5. The van der Waals surface area contributed by atoms with Crippen LogP contribution >= 0.6 is 15.9 Å². The molecule has 1 rings (SSSR count). The van der Waals surface area contributed by atoms with Gasteiger partial charge in [0.2, 0.25) is 0 Å². The summed E-state index contributed by atoms with van der Waals surface area (Å²) in [6, 6.07) is 0.831. The molecule has 1 aromatic rings. The number of phenols is 1. The molecule has 7 heteroatoms. The largest absolute Gasteiger partial charge is 0.504 e. The fraction of sp³-hybridized carbons (Fsp3) is 0.111. The summed E-state index contributed by atoms with van der Waals surface area (Å²) in [6.07, 6.45) is 0. The highest BCUT2D eigenvalue weighted by Crippen LogP contribution is 2.37. The van der Waals surface area contributed by atoms with Crippen molar-refractivity contribution in [3.63, 3.8) is 0 Å². The quantitative estimate of drug-likeness (QED) is 0.653. The van der Waals surface area contributed by atoms with E-state index in [1.807, 2.05) is 0 Å². The summed E-state index contributed by atoms with van der Waals surface area (Å²) in [5.74, 6) is -5.17. The SMILES string of the molecule is COc1cc(F)c(Br)c(C(=O)C(=O)O)c1O. The minimum absolute atomic E-state index is 0.315. The standard InChI is InChI=1S/C9H6BrFO5/c1-16-4-2-3(11)6(10)5(7(4)12)8(13)9(14)15/h2,12H,1H3,(H,14,15). The number of phenolic OH excluding ortho intramolecular Hbond substituents is 1. The molecule has 2 N–H and O–H groups in total. The molecule has 5 nitrogen and oxygen atoms in total. The molecule has 0 unspecified atom stereocenters. The van der Waals surface area contributed by atoms with Gasteiger partial charge in [-0.3, -0.25) is 4.79 Å². The Labute approximate surface area is 97.6 Å². The summed E-state index contributed by atoms with van der Waals surface area (Å²) in [6.45, 7) is 0. The van der Waals surface area contributed by atoms with E-state index in [0.717, 1.165) is 13.2 Å². The van der Waals surface area contributed by atoms with Crippen LogP contribution in [0.4, 0.5) is 4.39 Å². The number of halogens is 2. The van der Waals surface area contributed by atoms with E-state index in [4.69, 9.17) is 5.11 Å². The summed E-state index contributed by atoms with van der Waals surface area (Å²) in [5, 5.41) is 18.0. The number of hydrogen-bond donors (Lipinski definition) is 2. The predicted molar refractivity (Wildman–Crippen MR) is 54.3 cm³/mol. The highest BCUT2D eigenvalue weighted by atomic mass is 79.9. The van der Waals surface area contributed by atoms with Gasteiger partial charge in [-0.05, 0) is 15.9 Å². The third-order valence-corrected chi connectivity index (χ3v) is 2.57. The van der Waals surface area contributed by atoms with Crippen molar-refractivity contribution < 1.29 is 28.9 Å². The van der Waals surface area contributed by atoms with Crippen LogP contribution in [0, 0.1) is 5.82 Å². The van der Waals surface area contributed by atoms with Gasteiger partial charge in [-0.25, -0.2) is 9.18 Å². The zero-order valence-corrected chi connectivity index (χ0v) is 9.54. The fourth-order valence-corrected chi connectivity index (χ4v) is 1.55. The molecule has 0 radical (unpaired) electrons. The second-order valence-electron chi connectivity index (χ2n) is 2.73.